The summed E-state index contributed by atoms with van der Waals surface area (Å²) in [6.07, 6.45) is -4.08. The SMILES string of the molecule is Cc1nc(N2CCC3(CC2)CC3(F)F)cc(C(F)(F)F)n1. The van der Waals surface area contributed by atoms with E-state index in [1.165, 1.54) is 6.92 Å². The predicted octanol–water partition coefficient (Wildman–Crippen LogP) is 3.43. The van der Waals surface area contributed by atoms with Crippen LogP contribution in [-0.4, -0.2) is 29.0 Å². The van der Waals surface area contributed by atoms with Gasteiger partial charge in [0.05, 0.1) is 0 Å². The van der Waals surface area contributed by atoms with Gasteiger partial charge in [-0.25, -0.2) is 18.7 Å². The molecule has 2 heterocycles. The predicted molar refractivity (Wildman–Crippen MR) is 65.2 cm³/mol. The molecule has 3 rings (SSSR count). The van der Waals surface area contributed by atoms with Crippen LogP contribution in [-0.2, 0) is 6.18 Å². The zero-order valence-electron chi connectivity index (χ0n) is 11.3. The van der Waals surface area contributed by atoms with Crippen LogP contribution in [0.1, 0.15) is 30.8 Å². The van der Waals surface area contributed by atoms with Crippen LogP contribution in [0.3, 0.4) is 0 Å². The number of nitrogens with zero attached hydrogens (tertiary/aromatic N) is 3. The highest BCUT2D eigenvalue weighted by molar-refractivity contribution is 5.42. The largest absolute Gasteiger partial charge is 0.433 e. The van der Waals surface area contributed by atoms with Gasteiger partial charge in [-0.3, -0.25) is 0 Å². The maximum atomic E-state index is 13.3. The Labute approximate surface area is 118 Å². The normalized spacial score (nSPS) is 23.4. The highest BCUT2D eigenvalue weighted by Gasteiger charge is 2.70. The first-order valence-electron chi connectivity index (χ1n) is 6.69. The van der Waals surface area contributed by atoms with E-state index in [1.54, 1.807) is 4.90 Å². The lowest BCUT2D eigenvalue weighted by molar-refractivity contribution is -0.141. The van der Waals surface area contributed by atoms with Crippen LogP contribution in [0, 0.1) is 12.3 Å². The van der Waals surface area contributed by atoms with Gasteiger partial charge in [0, 0.05) is 31.0 Å². The fourth-order valence-electron chi connectivity index (χ4n) is 2.95. The van der Waals surface area contributed by atoms with Gasteiger partial charge in [-0.15, -0.1) is 0 Å². The first-order valence-corrected chi connectivity index (χ1v) is 6.69. The fourth-order valence-corrected chi connectivity index (χ4v) is 2.95. The molecule has 1 aliphatic heterocycles. The first-order chi connectivity index (χ1) is 9.63. The van der Waals surface area contributed by atoms with Crippen molar-refractivity contribution >= 4 is 5.82 Å². The summed E-state index contributed by atoms with van der Waals surface area (Å²) in [4.78, 5) is 9.01. The second-order valence-electron chi connectivity index (χ2n) is 5.80. The third-order valence-corrected chi connectivity index (χ3v) is 4.37. The Bertz CT molecular complexity index is 561. The number of aryl methyl sites for hydroxylation is 1. The Morgan fingerprint density at radius 1 is 1.14 bits per heavy atom. The van der Waals surface area contributed by atoms with Crippen molar-refractivity contribution in [3.8, 4) is 0 Å². The number of piperidine rings is 1. The molecule has 0 amide bonds. The van der Waals surface area contributed by atoms with Crippen molar-refractivity contribution in [2.45, 2.75) is 38.3 Å². The highest BCUT2D eigenvalue weighted by atomic mass is 19.4. The molecule has 1 aliphatic carbocycles. The summed E-state index contributed by atoms with van der Waals surface area (Å²) >= 11 is 0. The lowest BCUT2D eigenvalue weighted by Crippen LogP contribution is -2.37. The van der Waals surface area contributed by atoms with E-state index in [9.17, 15) is 22.0 Å². The van der Waals surface area contributed by atoms with E-state index >= 15 is 0 Å². The number of hydrogen-bond acceptors (Lipinski definition) is 3. The van der Waals surface area contributed by atoms with Crippen molar-refractivity contribution in [3.63, 3.8) is 0 Å². The van der Waals surface area contributed by atoms with Gasteiger partial charge in [-0.1, -0.05) is 0 Å². The minimum atomic E-state index is -4.54. The average Bonchev–Trinajstić information content (AvgIpc) is 2.89. The number of hydrogen-bond donors (Lipinski definition) is 0. The molecule has 0 N–H and O–H groups in total. The molecule has 1 saturated carbocycles. The molecule has 0 unspecified atom stereocenters. The molecule has 116 valence electrons. The summed E-state index contributed by atoms with van der Waals surface area (Å²) in [6, 6.07) is 0.885. The molecule has 2 aliphatic rings. The van der Waals surface area contributed by atoms with Gasteiger partial charge < -0.3 is 4.90 Å². The number of aromatic nitrogens is 2. The van der Waals surface area contributed by atoms with E-state index in [0.717, 1.165) is 6.07 Å². The molecule has 2 fully saturated rings. The van der Waals surface area contributed by atoms with Crippen LogP contribution >= 0.6 is 0 Å². The van der Waals surface area contributed by atoms with E-state index in [4.69, 9.17) is 0 Å². The van der Waals surface area contributed by atoms with Crippen LogP contribution in [0.15, 0.2) is 6.07 Å². The van der Waals surface area contributed by atoms with Gasteiger partial charge in [0.15, 0.2) is 0 Å². The van der Waals surface area contributed by atoms with E-state index in [1.807, 2.05) is 0 Å². The molecule has 1 aromatic heterocycles. The summed E-state index contributed by atoms with van der Waals surface area (Å²) in [5.41, 5.74) is -1.93. The third kappa shape index (κ3) is 2.44. The minimum absolute atomic E-state index is 0.0249. The summed E-state index contributed by atoms with van der Waals surface area (Å²) in [7, 11) is 0. The van der Waals surface area contributed by atoms with Gasteiger partial charge in [-0.2, -0.15) is 13.2 Å². The minimum Gasteiger partial charge on any atom is -0.356 e. The maximum Gasteiger partial charge on any atom is 0.433 e. The molecule has 1 spiro atoms. The van der Waals surface area contributed by atoms with E-state index < -0.39 is 23.2 Å². The Morgan fingerprint density at radius 2 is 1.71 bits per heavy atom. The Balaban J connectivity index is 1.78. The quantitative estimate of drug-likeness (QED) is 0.744. The zero-order valence-corrected chi connectivity index (χ0v) is 11.3. The Hall–Kier alpha value is -1.47. The van der Waals surface area contributed by atoms with Gasteiger partial charge >= 0.3 is 6.18 Å². The van der Waals surface area contributed by atoms with Crippen LogP contribution < -0.4 is 4.90 Å². The van der Waals surface area contributed by atoms with Crippen molar-refractivity contribution in [1.82, 2.24) is 9.97 Å². The monoisotopic (exact) mass is 307 g/mol. The van der Waals surface area contributed by atoms with Crippen LogP contribution in [0.4, 0.5) is 27.8 Å². The van der Waals surface area contributed by atoms with E-state index in [2.05, 4.69) is 9.97 Å². The third-order valence-electron chi connectivity index (χ3n) is 4.37. The lowest BCUT2D eigenvalue weighted by Gasteiger charge is -2.33. The maximum absolute atomic E-state index is 13.3. The molecule has 21 heavy (non-hydrogen) atoms. The molecule has 0 atom stereocenters. The van der Waals surface area contributed by atoms with Crippen LogP contribution in [0.2, 0.25) is 0 Å². The number of halogens is 5. The van der Waals surface area contributed by atoms with E-state index in [0.29, 0.717) is 13.1 Å². The van der Waals surface area contributed by atoms with E-state index in [-0.39, 0.29) is 30.9 Å². The summed E-state index contributed by atoms with van der Waals surface area (Å²) in [5.74, 6) is -2.43. The molecular weight excluding hydrogens is 293 g/mol. The summed E-state index contributed by atoms with van der Waals surface area (Å²) in [5, 5.41) is 0. The number of rotatable bonds is 1. The second-order valence-corrected chi connectivity index (χ2v) is 5.80. The standard InChI is InChI=1S/C13H14F5N3/c1-8-19-9(13(16,17)18)6-10(20-8)21-4-2-11(3-5-21)7-12(11,14)15/h6H,2-5,7H2,1H3. The van der Waals surface area contributed by atoms with Gasteiger partial charge in [-0.05, 0) is 19.8 Å². The molecule has 1 saturated heterocycles. The van der Waals surface area contributed by atoms with Crippen molar-refractivity contribution in [1.29, 1.82) is 0 Å². The molecule has 1 aromatic rings. The summed E-state index contributed by atoms with van der Waals surface area (Å²) in [6.45, 7) is 1.98. The topological polar surface area (TPSA) is 29.0 Å². The molecular formula is C13H14F5N3. The van der Waals surface area contributed by atoms with Crippen molar-refractivity contribution in [2.75, 3.05) is 18.0 Å². The molecule has 8 heteroatoms. The van der Waals surface area contributed by atoms with Gasteiger partial charge in [0.1, 0.15) is 17.3 Å². The lowest BCUT2D eigenvalue weighted by atomic mass is 9.93. The highest BCUT2D eigenvalue weighted by Crippen LogP contribution is 2.65. The molecule has 0 aromatic carbocycles. The van der Waals surface area contributed by atoms with Crippen LogP contribution in [0.5, 0.6) is 0 Å². The second kappa shape index (κ2) is 4.27. The number of alkyl halides is 5. The fraction of sp³-hybridized carbons (Fsp3) is 0.692. The number of anilines is 1. The Kier molecular flexibility index (Phi) is 2.94. The van der Waals surface area contributed by atoms with Crippen molar-refractivity contribution < 1.29 is 22.0 Å². The van der Waals surface area contributed by atoms with Crippen molar-refractivity contribution in [3.05, 3.63) is 17.6 Å². The Morgan fingerprint density at radius 3 is 2.19 bits per heavy atom. The van der Waals surface area contributed by atoms with Gasteiger partial charge in [0.25, 0.3) is 5.92 Å². The van der Waals surface area contributed by atoms with Gasteiger partial charge in [0.2, 0.25) is 0 Å². The first kappa shape index (κ1) is 14.5. The zero-order chi connectivity index (χ0) is 15.5. The van der Waals surface area contributed by atoms with Crippen molar-refractivity contribution in [2.24, 2.45) is 5.41 Å². The smallest absolute Gasteiger partial charge is 0.356 e. The average molecular weight is 307 g/mol. The van der Waals surface area contributed by atoms with Crippen LogP contribution in [0.25, 0.3) is 0 Å². The molecule has 0 radical (unpaired) electrons. The molecule has 0 bridgehead atoms. The summed E-state index contributed by atoms with van der Waals surface area (Å²) < 4.78 is 64.8. The molecule has 3 nitrogen and oxygen atoms in total.